The van der Waals surface area contributed by atoms with E-state index < -0.39 is 0 Å². The number of carbonyl (C=O) groups excluding carboxylic acids is 1. The van der Waals surface area contributed by atoms with Gasteiger partial charge in [-0.05, 0) is 38.3 Å². The highest BCUT2D eigenvalue weighted by Gasteiger charge is 2.23. The maximum absolute atomic E-state index is 11.6. The molecule has 0 bridgehead atoms. The van der Waals surface area contributed by atoms with E-state index in [1.165, 1.54) is 0 Å². The predicted molar refractivity (Wildman–Crippen MR) is 77.6 cm³/mol. The minimum Gasteiger partial charge on any atom is -0.482 e. The van der Waals surface area contributed by atoms with Crippen LogP contribution in [0.15, 0.2) is 12.1 Å². The van der Waals surface area contributed by atoms with E-state index in [1.807, 2.05) is 26.0 Å². The van der Waals surface area contributed by atoms with Crippen LogP contribution in [0.4, 0.5) is 0 Å². The van der Waals surface area contributed by atoms with Crippen molar-refractivity contribution in [3.63, 3.8) is 0 Å². The molecule has 0 aliphatic heterocycles. The zero-order chi connectivity index (χ0) is 14.5. The number of nitrogens with two attached hydrogens (primary N) is 1. The minimum absolute atomic E-state index is 0.0373. The average Bonchev–Trinajstić information content (AvgIpc) is 3.21. The van der Waals surface area contributed by atoms with E-state index in [4.69, 9.17) is 10.5 Å². The summed E-state index contributed by atoms with van der Waals surface area (Å²) >= 11 is 0. The van der Waals surface area contributed by atoms with Gasteiger partial charge in [0.1, 0.15) is 5.75 Å². The summed E-state index contributed by atoms with van der Waals surface area (Å²) in [5, 5.41) is 2.90. The Bertz CT molecular complexity index is 472. The Morgan fingerprint density at radius 3 is 2.95 bits per heavy atom. The first-order valence-corrected chi connectivity index (χ1v) is 7.22. The van der Waals surface area contributed by atoms with Crippen LogP contribution in [0.2, 0.25) is 0 Å². The summed E-state index contributed by atoms with van der Waals surface area (Å²) in [5.74, 6) is 0.587. The van der Waals surface area contributed by atoms with Gasteiger partial charge in [-0.1, -0.05) is 6.92 Å². The molecule has 0 aromatic carbocycles. The second kappa shape index (κ2) is 6.70. The summed E-state index contributed by atoms with van der Waals surface area (Å²) < 4.78 is 5.60. The molecule has 5 nitrogen and oxygen atoms in total. The maximum Gasteiger partial charge on any atom is 0.258 e. The fourth-order valence-electron chi connectivity index (χ4n) is 1.91. The van der Waals surface area contributed by atoms with Crippen molar-refractivity contribution in [2.45, 2.75) is 51.6 Å². The van der Waals surface area contributed by atoms with E-state index >= 15 is 0 Å². The fraction of sp³-hybridized carbons (Fsp3) is 0.600. The largest absolute Gasteiger partial charge is 0.482 e. The molecule has 1 aliphatic carbocycles. The number of aromatic nitrogens is 1. The molecule has 1 unspecified atom stereocenters. The van der Waals surface area contributed by atoms with Crippen LogP contribution < -0.4 is 15.8 Å². The molecule has 1 atom stereocenters. The van der Waals surface area contributed by atoms with Crippen molar-refractivity contribution >= 4 is 5.91 Å². The maximum atomic E-state index is 11.6. The summed E-state index contributed by atoms with van der Waals surface area (Å²) in [6.07, 6.45) is 3.71. The summed E-state index contributed by atoms with van der Waals surface area (Å²) in [6.45, 7) is 4.02. The number of nitrogens with one attached hydrogen (secondary N) is 1. The van der Waals surface area contributed by atoms with E-state index in [-0.39, 0.29) is 18.6 Å². The molecule has 110 valence electrons. The van der Waals surface area contributed by atoms with Gasteiger partial charge in [0.25, 0.3) is 5.91 Å². The van der Waals surface area contributed by atoms with Crippen LogP contribution in [-0.4, -0.2) is 29.6 Å². The number of hydrogen-bond acceptors (Lipinski definition) is 4. The second-order valence-corrected chi connectivity index (χ2v) is 5.40. The molecule has 1 saturated carbocycles. The van der Waals surface area contributed by atoms with Crippen molar-refractivity contribution in [1.82, 2.24) is 10.3 Å². The molecule has 0 spiro atoms. The molecule has 1 fully saturated rings. The van der Waals surface area contributed by atoms with Crippen molar-refractivity contribution in [2.24, 2.45) is 5.73 Å². The van der Waals surface area contributed by atoms with Crippen molar-refractivity contribution in [3.8, 4) is 5.75 Å². The molecule has 1 heterocycles. The van der Waals surface area contributed by atoms with Crippen molar-refractivity contribution in [2.75, 3.05) is 6.61 Å². The molecule has 1 aromatic rings. The number of pyridine rings is 1. The van der Waals surface area contributed by atoms with Gasteiger partial charge in [-0.2, -0.15) is 0 Å². The zero-order valence-corrected chi connectivity index (χ0v) is 12.2. The molecule has 2 rings (SSSR count). The zero-order valence-electron chi connectivity index (χ0n) is 12.2. The number of ether oxygens (including phenoxy) is 1. The van der Waals surface area contributed by atoms with Crippen LogP contribution in [0.1, 0.15) is 37.6 Å². The molecule has 20 heavy (non-hydrogen) atoms. The highest BCUT2D eigenvalue weighted by Crippen LogP contribution is 2.20. The lowest BCUT2D eigenvalue weighted by Crippen LogP contribution is -2.31. The fourth-order valence-corrected chi connectivity index (χ4v) is 1.91. The monoisotopic (exact) mass is 277 g/mol. The summed E-state index contributed by atoms with van der Waals surface area (Å²) in [4.78, 5) is 16.1. The Morgan fingerprint density at radius 2 is 2.30 bits per heavy atom. The first-order valence-electron chi connectivity index (χ1n) is 7.22. The topological polar surface area (TPSA) is 77.2 Å². The molecule has 0 radical (unpaired) electrons. The predicted octanol–water partition coefficient (Wildman–Crippen LogP) is 1.33. The van der Waals surface area contributed by atoms with Crippen LogP contribution in [-0.2, 0) is 11.2 Å². The smallest absolute Gasteiger partial charge is 0.258 e. The number of rotatable bonds is 7. The highest BCUT2D eigenvalue weighted by molar-refractivity contribution is 5.78. The third-order valence-electron chi connectivity index (χ3n) is 3.35. The number of nitrogens with zero attached hydrogens (tertiary/aromatic N) is 1. The van der Waals surface area contributed by atoms with Gasteiger partial charge in [0, 0.05) is 24.2 Å². The van der Waals surface area contributed by atoms with Gasteiger partial charge in [-0.3, -0.25) is 9.78 Å². The van der Waals surface area contributed by atoms with E-state index in [1.54, 1.807) is 0 Å². The van der Waals surface area contributed by atoms with Gasteiger partial charge in [-0.25, -0.2) is 0 Å². The van der Waals surface area contributed by atoms with Gasteiger partial charge >= 0.3 is 0 Å². The first kappa shape index (κ1) is 14.8. The van der Waals surface area contributed by atoms with Crippen LogP contribution in [0.25, 0.3) is 0 Å². The SMILES string of the molecule is CCC(N)Cc1nc(C)ccc1OCC(=O)NC1CC1. The van der Waals surface area contributed by atoms with E-state index in [9.17, 15) is 4.79 Å². The number of hydrogen-bond donors (Lipinski definition) is 2. The van der Waals surface area contributed by atoms with Gasteiger partial charge in [0.15, 0.2) is 6.61 Å². The summed E-state index contributed by atoms with van der Waals surface area (Å²) in [6, 6.07) is 4.17. The molecular formula is C15H23N3O2. The second-order valence-electron chi connectivity index (χ2n) is 5.40. The molecular weight excluding hydrogens is 254 g/mol. The van der Waals surface area contributed by atoms with Crippen LogP contribution >= 0.6 is 0 Å². The van der Waals surface area contributed by atoms with Crippen LogP contribution in [0, 0.1) is 6.92 Å². The van der Waals surface area contributed by atoms with Crippen molar-refractivity contribution < 1.29 is 9.53 Å². The van der Waals surface area contributed by atoms with E-state index in [2.05, 4.69) is 10.3 Å². The average molecular weight is 277 g/mol. The Balaban J connectivity index is 1.96. The van der Waals surface area contributed by atoms with Crippen LogP contribution in [0.3, 0.4) is 0 Å². The van der Waals surface area contributed by atoms with E-state index in [0.717, 1.165) is 30.7 Å². The van der Waals surface area contributed by atoms with Gasteiger partial charge in [0.05, 0.1) is 5.69 Å². The number of carbonyl (C=O) groups is 1. The molecule has 0 saturated heterocycles. The first-order chi connectivity index (χ1) is 9.58. The molecule has 3 N–H and O–H groups in total. The van der Waals surface area contributed by atoms with Gasteiger partial charge < -0.3 is 15.8 Å². The van der Waals surface area contributed by atoms with Gasteiger partial charge in [-0.15, -0.1) is 0 Å². The quantitative estimate of drug-likeness (QED) is 0.788. The lowest BCUT2D eigenvalue weighted by atomic mass is 10.1. The molecule has 1 aliphatic rings. The van der Waals surface area contributed by atoms with E-state index in [0.29, 0.717) is 18.2 Å². The van der Waals surface area contributed by atoms with Crippen molar-refractivity contribution in [1.29, 1.82) is 0 Å². The summed E-state index contributed by atoms with van der Waals surface area (Å²) in [5.41, 5.74) is 7.74. The molecule has 5 heteroatoms. The molecule has 1 aromatic heterocycles. The van der Waals surface area contributed by atoms with Crippen molar-refractivity contribution in [3.05, 3.63) is 23.5 Å². The summed E-state index contributed by atoms with van der Waals surface area (Å²) in [7, 11) is 0. The standard InChI is InChI=1S/C15H23N3O2/c1-3-11(16)8-13-14(7-4-10(2)17-13)20-9-15(19)18-12-5-6-12/h4,7,11-12H,3,5-6,8-9,16H2,1-2H3,(H,18,19). The minimum atomic E-state index is -0.0705. The Kier molecular flexibility index (Phi) is 4.95. The normalized spacial score (nSPS) is 15.8. The Labute approximate surface area is 119 Å². The Morgan fingerprint density at radius 1 is 1.55 bits per heavy atom. The third kappa shape index (κ3) is 4.49. The highest BCUT2D eigenvalue weighted by atomic mass is 16.5. The van der Waals surface area contributed by atoms with Gasteiger partial charge in [0.2, 0.25) is 0 Å². The number of aryl methyl sites for hydroxylation is 1. The lowest BCUT2D eigenvalue weighted by Gasteiger charge is -2.14. The lowest BCUT2D eigenvalue weighted by molar-refractivity contribution is -0.123. The molecule has 1 amide bonds. The Hall–Kier alpha value is -1.62. The number of amides is 1. The third-order valence-corrected chi connectivity index (χ3v) is 3.35. The van der Waals surface area contributed by atoms with Crippen LogP contribution in [0.5, 0.6) is 5.75 Å².